The molecule has 3 rings (SSSR count). The maximum Gasteiger partial charge on any atom is 0.261 e. The third kappa shape index (κ3) is 0.724. The predicted octanol–water partition coefficient (Wildman–Crippen LogP) is 0.823. The maximum atomic E-state index is 11.4. The highest BCUT2D eigenvalue weighted by Gasteiger charge is 2.30. The van der Waals surface area contributed by atoms with Crippen LogP contribution in [0.2, 0.25) is 0 Å². The van der Waals surface area contributed by atoms with Crippen LogP contribution in [-0.2, 0) is 0 Å². The summed E-state index contributed by atoms with van der Waals surface area (Å²) < 4.78 is 1.78. The Bertz CT molecular complexity index is 569. The molecule has 3 heterocycles. The van der Waals surface area contributed by atoms with E-state index in [4.69, 9.17) is 0 Å². The van der Waals surface area contributed by atoms with Gasteiger partial charge >= 0.3 is 0 Å². The summed E-state index contributed by atoms with van der Waals surface area (Å²) in [5.74, 6) is -0.618. The largest absolute Gasteiger partial charge is 0.322 e. The van der Waals surface area contributed by atoms with Crippen molar-refractivity contribution < 1.29 is 9.59 Å². The van der Waals surface area contributed by atoms with E-state index in [0.29, 0.717) is 11.1 Å². The van der Waals surface area contributed by atoms with E-state index in [9.17, 15) is 9.59 Å². The minimum Gasteiger partial charge on any atom is -0.322 e. The Labute approximate surface area is 79.1 Å². The van der Waals surface area contributed by atoms with E-state index in [1.807, 2.05) is 24.4 Å². The number of nitrogens with zero attached hydrogens (tertiary/aromatic N) is 1. The van der Waals surface area contributed by atoms with Crippen LogP contribution in [0.3, 0.4) is 0 Å². The van der Waals surface area contributed by atoms with Crippen molar-refractivity contribution in [1.29, 1.82) is 0 Å². The van der Waals surface area contributed by atoms with Crippen molar-refractivity contribution in [3.8, 4) is 0 Å². The van der Waals surface area contributed by atoms with Gasteiger partial charge in [-0.15, -0.1) is 0 Å². The van der Waals surface area contributed by atoms with Gasteiger partial charge in [-0.1, -0.05) is 6.07 Å². The van der Waals surface area contributed by atoms with Crippen LogP contribution in [0.1, 0.15) is 20.7 Å². The fraction of sp³-hybridized carbons (Fsp3) is 0. The smallest absolute Gasteiger partial charge is 0.261 e. The van der Waals surface area contributed by atoms with Crippen molar-refractivity contribution >= 4 is 17.3 Å². The average Bonchev–Trinajstić information content (AvgIpc) is 2.66. The number of imide groups is 1. The number of carbonyl (C=O) groups excluding carboxylic acids is 2. The standard InChI is InChI=1S/C10H6N2O2/c13-9-6-5-12-4-2-1-3-7(12)8(6)10(14)11-9/h1-5H,(H,11,13,14). The fourth-order valence-electron chi connectivity index (χ4n) is 1.77. The molecule has 4 nitrogen and oxygen atoms in total. The Kier molecular flexibility index (Phi) is 1.16. The zero-order valence-electron chi connectivity index (χ0n) is 7.15. The molecule has 4 heteroatoms. The van der Waals surface area contributed by atoms with Crippen LogP contribution in [0, 0.1) is 0 Å². The molecule has 2 amide bonds. The lowest BCUT2D eigenvalue weighted by atomic mass is 10.2. The lowest BCUT2D eigenvalue weighted by Crippen LogP contribution is -2.20. The third-order valence-corrected chi connectivity index (χ3v) is 2.38. The molecule has 0 spiro atoms. The molecule has 68 valence electrons. The molecule has 0 aliphatic carbocycles. The summed E-state index contributed by atoms with van der Waals surface area (Å²) in [6.07, 6.45) is 3.49. The summed E-state index contributed by atoms with van der Waals surface area (Å²) in [6, 6.07) is 5.51. The van der Waals surface area contributed by atoms with Crippen LogP contribution in [0.15, 0.2) is 30.6 Å². The second-order valence-corrected chi connectivity index (χ2v) is 3.19. The van der Waals surface area contributed by atoms with Gasteiger partial charge in [-0.05, 0) is 12.1 Å². The van der Waals surface area contributed by atoms with E-state index < -0.39 is 0 Å². The van der Waals surface area contributed by atoms with Gasteiger partial charge in [-0.25, -0.2) is 0 Å². The zero-order chi connectivity index (χ0) is 9.71. The van der Waals surface area contributed by atoms with E-state index in [1.54, 1.807) is 10.6 Å². The van der Waals surface area contributed by atoms with Crippen molar-refractivity contribution in [2.45, 2.75) is 0 Å². The number of nitrogens with one attached hydrogen (secondary N) is 1. The summed E-state index contributed by atoms with van der Waals surface area (Å²) >= 11 is 0. The Morgan fingerprint density at radius 1 is 1.14 bits per heavy atom. The van der Waals surface area contributed by atoms with Gasteiger partial charge < -0.3 is 4.40 Å². The normalized spacial score (nSPS) is 14.6. The Morgan fingerprint density at radius 2 is 2.00 bits per heavy atom. The van der Waals surface area contributed by atoms with Crippen molar-refractivity contribution in [2.75, 3.05) is 0 Å². The lowest BCUT2D eigenvalue weighted by molar-refractivity contribution is 0.0879. The number of rotatable bonds is 0. The number of amides is 2. The molecular formula is C10H6N2O2. The van der Waals surface area contributed by atoms with Crippen LogP contribution in [0.25, 0.3) is 5.52 Å². The van der Waals surface area contributed by atoms with Gasteiger partial charge in [0.05, 0.1) is 16.6 Å². The monoisotopic (exact) mass is 186 g/mol. The fourth-order valence-corrected chi connectivity index (χ4v) is 1.77. The average molecular weight is 186 g/mol. The Hall–Kier alpha value is -2.10. The first-order valence-corrected chi connectivity index (χ1v) is 4.23. The van der Waals surface area contributed by atoms with E-state index in [2.05, 4.69) is 5.32 Å². The van der Waals surface area contributed by atoms with E-state index in [0.717, 1.165) is 5.52 Å². The molecule has 0 aromatic carbocycles. The quantitative estimate of drug-likeness (QED) is 0.619. The lowest BCUT2D eigenvalue weighted by Gasteiger charge is -1.95. The molecule has 0 unspecified atom stereocenters. The van der Waals surface area contributed by atoms with Crippen LogP contribution in [-0.4, -0.2) is 16.2 Å². The third-order valence-electron chi connectivity index (χ3n) is 2.38. The second-order valence-electron chi connectivity index (χ2n) is 3.19. The van der Waals surface area contributed by atoms with Gasteiger partial charge in [0.15, 0.2) is 0 Å². The molecular weight excluding hydrogens is 180 g/mol. The van der Waals surface area contributed by atoms with Gasteiger partial charge in [0.1, 0.15) is 0 Å². The molecule has 0 radical (unpaired) electrons. The van der Waals surface area contributed by atoms with Gasteiger partial charge in [-0.2, -0.15) is 0 Å². The number of pyridine rings is 1. The molecule has 0 bridgehead atoms. The van der Waals surface area contributed by atoms with Crippen molar-refractivity contribution in [2.24, 2.45) is 0 Å². The Morgan fingerprint density at radius 3 is 2.86 bits per heavy atom. The number of hydrogen-bond acceptors (Lipinski definition) is 2. The molecule has 1 aliphatic rings. The van der Waals surface area contributed by atoms with Crippen molar-refractivity contribution in [3.63, 3.8) is 0 Å². The highest BCUT2D eigenvalue weighted by molar-refractivity contribution is 6.24. The molecule has 0 saturated carbocycles. The first-order valence-electron chi connectivity index (χ1n) is 4.23. The summed E-state index contributed by atoms with van der Waals surface area (Å²) in [7, 11) is 0. The summed E-state index contributed by atoms with van der Waals surface area (Å²) in [5.41, 5.74) is 1.71. The topological polar surface area (TPSA) is 50.6 Å². The van der Waals surface area contributed by atoms with Crippen molar-refractivity contribution in [1.82, 2.24) is 9.72 Å². The maximum absolute atomic E-state index is 11.4. The highest BCUT2D eigenvalue weighted by atomic mass is 16.2. The molecule has 1 N–H and O–H groups in total. The number of fused-ring (bicyclic) bond motifs is 3. The molecule has 1 aliphatic heterocycles. The second kappa shape index (κ2) is 2.23. The van der Waals surface area contributed by atoms with E-state index in [-0.39, 0.29) is 11.8 Å². The number of aromatic nitrogens is 1. The van der Waals surface area contributed by atoms with Gasteiger partial charge in [0, 0.05) is 12.4 Å². The molecule has 0 fully saturated rings. The first-order chi connectivity index (χ1) is 6.77. The number of hydrogen-bond donors (Lipinski definition) is 1. The summed E-state index contributed by atoms with van der Waals surface area (Å²) in [6.45, 7) is 0. The molecule has 0 saturated heterocycles. The first kappa shape index (κ1) is 7.32. The zero-order valence-corrected chi connectivity index (χ0v) is 7.15. The van der Waals surface area contributed by atoms with Gasteiger partial charge in [0.2, 0.25) is 0 Å². The molecule has 2 aromatic rings. The van der Waals surface area contributed by atoms with Crippen LogP contribution in [0.4, 0.5) is 0 Å². The minimum atomic E-state index is -0.311. The SMILES string of the molecule is O=C1NC(=O)c2c1cn1ccccc21. The highest BCUT2D eigenvalue weighted by Crippen LogP contribution is 2.22. The van der Waals surface area contributed by atoms with Gasteiger partial charge in [0.25, 0.3) is 11.8 Å². The Balaban J connectivity index is 2.49. The summed E-state index contributed by atoms with van der Waals surface area (Å²) in [5, 5.41) is 2.26. The number of carbonyl (C=O) groups is 2. The molecule has 0 atom stereocenters. The van der Waals surface area contributed by atoms with E-state index in [1.165, 1.54) is 0 Å². The summed E-state index contributed by atoms with van der Waals surface area (Å²) in [4.78, 5) is 22.7. The van der Waals surface area contributed by atoms with Crippen LogP contribution >= 0.6 is 0 Å². The van der Waals surface area contributed by atoms with Crippen LogP contribution < -0.4 is 5.32 Å². The minimum absolute atomic E-state index is 0.307. The predicted molar refractivity (Wildman–Crippen MR) is 49.2 cm³/mol. The van der Waals surface area contributed by atoms with E-state index >= 15 is 0 Å². The van der Waals surface area contributed by atoms with Crippen LogP contribution in [0.5, 0.6) is 0 Å². The molecule has 2 aromatic heterocycles. The van der Waals surface area contributed by atoms with Gasteiger partial charge in [-0.3, -0.25) is 14.9 Å². The van der Waals surface area contributed by atoms with Crippen molar-refractivity contribution in [3.05, 3.63) is 41.7 Å². The molecule has 14 heavy (non-hydrogen) atoms.